The topological polar surface area (TPSA) is 59.1 Å². The highest BCUT2D eigenvalue weighted by molar-refractivity contribution is 5.16. The number of aromatic nitrogens is 1. The van der Waals surface area contributed by atoms with E-state index < -0.39 is 6.10 Å². The van der Waals surface area contributed by atoms with Crippen molar-refractivity contribution in [2.75, 3.05) is 6.54 Å². The van der Waals surface area contributed by atoms with Gasteiger partial charge >= 0.3 is 0 Å². The van der Waals surface area contributed by atoms with Crippen LogP contribution in [0.15, 0.2) is 18.3 Å². The Kier molecular flexibility index (Phi) is 4.03. The average molecular weight is 248 g/mol. The number of rotatable bonds is 3. The second kappa shape index (κ2) is 5.37. The molecule has 3 atom stereocenters. The lowest BCUT2D eigenvalue weighted by atomic mass is 9.66. The highest BCUT2D eigenvalue weighted by atomic mass is 16.3. The number of aryl methyl sites for hydroxylation is 1. The summed E-state index contributed by atoms with van der Waals surface area (Å²) < 4.78 is 0. The summed E-state index contributed by atoms with van der Waals surface area (Å²) in [7, 11) is 0. The van der Waals surface area contributed by atoms with Crippen molar-refractivity contribution in [3.63, 3.8) is 0 Å². The van der Waals surface area contributed by atoms with E-state index in [4.69, 9.17) is 5.73 Å². The Labute approximate surface area is 109 Å². The molecule has 1 aliphatic carbocycles. The van der Waals surface area contributed by atoms with Gasteiger partial charge in [0.2, 0.25) is 0 Å². The molecule has 3 N–H and O–H groups in total. The molecule has 0 bridgehead atoms. The predicted octanol–water partition coefficient (Wildman–Crippen LogP) is 2.58. The molecular weight excluding hydrogens is 224 g/mol. The van der Waals surface area contributed by atoms with Crippen molar-refractivity contribution in [2.24, 2.45) is 17.1 Å². The van der Waals surface area contributed by atoms with E-state index in [1.54, 1.807) is 0 Å². The number of pyridine rings is 1. The van der Waals surface area contributed by atoms with Crippen LogP contribution in [-0.2, 0) is 0 Å². The minimum atomic E-state index is -0.536. The summed E-state index contributed by atoms with van der Waals surface area (Å²) in [6.07, 6.45) is 5.68. The van der Waals surface area contributed by atoms with Gasteiger partial charge in [-0.2, -0.15) is 0 Å². The molecule has 3 heteroatoms. The lowest BCUT2D eigenvalue weighted by molar-refractivity contribution is -0.0156. The summed E-state index contributed by atoms with van der Waals surface area (Å²) in [5, 5.41) is 10.7. The van der Waals surface area contributed by atoms with Gasteiger partial charge in [0.15, 0.2) is 0 Å². The average Bonchev–Trinajstić information content (AvgIpc) is 2.38. The Morgan fingerprint density at radius 2 is 2.33 bits per heavy atom. The third kappa shape index (κ3) is 2.57. The van der Waals surface area contributed by atoms with Crippen molar-refractivity contribution in [2.45, 2.75) is 45.6 Å². The number of hydrogen-bond acceptors (Lipinski definition) is 3. The third-order valence-corrected chi connectivity index (χ3v) is 4.33. The van der Waals surface area contributed by atoms with Gasteiger partial charge in [0.05, 0.1) is 5.69 Å². The highest BCUT2D eigenvalue weighted by Crippen LogP contribution is 2.46. The second-order valence-corrected chi connectivity index (χ2v) is 5.93. The molecule has 1 aliphatic rings. The lowest BCUT2D eigenvalue weighted by Gasteiger charge is -2.42. The van der Waals surface area contributed by atoms with Crippen molar-refractivity contribution >= 4 is 0 Å². The first-order valence-corrected chi connectivity index (χ1v) is 6.88. The van der Waals surface area contributed by atoms with E-state index in [1.165, 1.54) is 6.42 Å². The highest BCUT2D eigenvalue weighted by Gasteiger charge is 2.41. The van der Waals surface area contributed by atoms with Gasteiger partial charge in [-0.25, -0.2) is 0 Å². The van der Waals surface area contributed by atoms with E-state index in [0.717, 1.165) is 30.5 Å². The first-order chi connectivity index (χ1) is 8.57. The normalized spacial score (nSPS) is 30.1. The van der Waals surface area contributed by atoms with E-state index in [1.807, 2.05) is 25.3 Å². The number of nitrogens with zero attached hydrogens (tertiary/aromatic N) is 1. The molecule has 1 saturated carbocycles. The Bertz CT molecular complexity index is 390. The van der Waals surface area contributed by atoms with Crippen molar-refractivity contribution in [1.29, 1.82) is 0 Å². The minimum Gasteiger partial charge on any atom is -0.386 e. The van der Waals surface area contributed by atoms with Crippen molar-refractivity contribution in [3.8, 4) is 0 Å². The van der Waals surface area contributed by atoms with Gasteiger partial charge < -0.3 is 10.8 Å². The summed E-state index contributed by atoms with van der Waals surface area (Å²) >= 11 is 0. The van der Waals surface area contributed by atoms with Crippen LogP contribution in [-0.4, -0.2) is 16.6 Å². The van der Waals surface area contributed by atoms with Crippen LogP contribution < -0.4 is 5.73 Å². The van der Waals surface area contributed by atoms with Crippen LogP contribution in [0.3, 0.4) is 0 Å². The molecule has 0 radical (unpaired) electrons. The zero-order chi connectivity index (χ0) is 13.2. The van der Waals surface area contributed by atoms with Crippen LogP contribution in [0.2, 0.25) is 0 Å². The van der Waals surface area contributed by atoms with Crippen molar-refractivity contribution < 1.29 is 5.11 Å². The molecule has 1 heterocycles. The fourth-order valence-corrected chi connectivity index (χ4v) is 3.20. The van der Waals surface area contributed by atoms with Gasteiger partial charge in [0, 0.05) is 18.2 Å². The number of hydrogen-bond donors (Lipinski definition) is 2. The van der Waals surface area contributed by atoms with Gasteiger partial charge in [-0.05, 0) is 37.3 Å². The fraction of sp³-hybridized carbons (Fsp3) is 0.667. The van der Waals surface area contributed by atoms with Gasteiger partial charge in [0.1, 0.15) is 6.10 Å². The Hall–Kier alpha value is -0.930. The molecule has 0 aliphatic heterocycles. The monoisotopic (exact) mass is 248 g/mol. The van der Waals surface area contributed by atoms with Crippen LogP contribution in [0, 0.1) is 18.3 Å². The standard InChI is InChI=1S/C15H24N2O/c1-11-4-3-7-15(8-11,10-16)14(18)13-6-5-12(2)9-17-13/h5-6,9,11,14,18H,3-4,7-8,10,16H2,1-2H3. The van der Waals surface area contributed by atoms with Crippen LogP contribution >= 0.6 is 0 Å². The number of aliphatic hydroxyl groups excluding tert-OH is 1. The summed E-state index contributed by atoms with van der Waals surface area (Å²) in [4.78, 5) is 4.37. The van der Waals surface area contributed by atoms with Crippen molar-refractivity contribution in [3.05, 3.63) is 29.6 Å². The summed E-state index contributed by atoms with van der Waals surface area (Å²) in [5.41, 5.74) is 7.68. The molecule has 3 unspecified atom stereocenters. The Balaban J connectivity index is 2.23. The molecule has 1 aromatic heterocycles. The van der Waals surface area contributed by atoms with Gasteiger partial charge in [-0.15, -0.1) is 0 Å². The Morgan fingerprint density at radius 3 is 2.89 bits per heavy atom. The molecule has 3 nitrogen and oxygen atoms in total. The molecular formula is C15H24N2O. The lowest BCUT2D eigenvalue weighted by Crippen LogP contribution is -2.41. The second-order valence-electron chi connectivity index (χ2n) is 5.93. The maximum Gasteiger partial charge on any atom is 0.103 e. The summed E-state index contributed by atoms with van der Waals surface area (Å²) in [6.45, 7) is 4.79. The van der Waals surface area contributed by atoms with Crippen LogP contribution in [0.5, 0.6) is 0 Å². The van der Waals surface area contributed by atoms with Gasteiger partial charge in [-0.1, -0.05) is 25.8 Å². The molecule has 0 spiro atoms. The zero-order valence-corrected chi connectivity index (χ0v) is 11.4. The van der Waals surface area contributed by atoms with Gasteiger partial charge in [-0.3, -0.25) is 4.98 Å². The quantitative estimate of drug-likeness (QED) is 0.864. The maximum absolute atomic E-state index is 10.7. The minimum absolute atomic E-state index is 0.181. The molecule has 2 rings (SSSR count). The third-order valence-electron chi connectivity index (χ3n) is 4.33. The van der Waals surface area contributed by atoms with Crippen molar-refractivity contribution in [1.82, 2.24) is 4.98 Å². The first kappa shape index (κ1) is 13.5. The number of nitrogens with two attached hydrogens (primary N) is 1. The smallest absolute Gasteiger partial charge is 0.103 e. The predicted molar refractivity (Wildman–Crippen MR) is 73.1 cm³/mol. The number of aliphatic hydroxyl groups is 1. The largest absolute Gasteiger partial charge is 0.386 e. The van der Waals surface area contributed by atoms with Gasteiger partial charge in [0.25, 0.3) is 0 Å². The molecule has 0 aromatic carbocycles. The zero-order valence-electron chi connectivity index (χ0n) is 11.4. The summed E-state index contributed by atoms with van der Waals surface area (Å²) in [5.74, 6) is 0.641. The molecule has 1 fully saturated rings. The SMILES string of the molecule is Cc1ccc(C(O)C2(CN)CCCC(C)C2)nc1. The molecule has 1 aromatic rings. The van der Waals surface area contributed by atoms with Crippen LogP contribution in [0.1, 0.15) is 50.0 Å². The van der Waals surface area contributed by atoms with E-state index in [-0.39, 0.29) is 5.41 Å². The molecule has 18 heavy (non-hydrogen) atoms. The van der Waals surface area contributed by atoms with E-state index in [2.05, 4.69) is 11.9 Å². The van der Waals surface area contributed by atoms with Crippen LogP contribution in [0.4, 0.5) is 0 Å². The van der Waals surface area contributed by atoms with E-state index >= 15 is 0 Å². The maximum atomic E-state index is 10.7. The summed E-state index contributed by atoms with van der Waals surface area (Å²) in [6, 6.07) is 3.93. The molecule has 100 valence electrons. The molecule has 0 saturated heterocycles. The fourth-order valence-electron chi connectivity index (χ4n) is 3.20. The van der Waals surface area contributed by atoms with E-state index in [9.17, 15) is 5.11 Å². The first-order valence-electron chi connectivity index (χ1n) is 6.88. The van der Waals surface area contributed by atoms with Crippen LogP contribution in [0.25, 0.3) is 0 Å². The Morgan fingerprint density at radius 1 is 1.56 bits per heavy atom. The molecule has 0 amide bonds. The van der Waals surface area contributed by atoms with E-state index in [0.29, 0.717) is 12.5 Å².